The molecule has 100 valence electrons. The fourth-order valence-corrected chi connectivity index (χ4v) is 2.82. The Morgan fingerprint density at radius 2 is 2.05 bits per heavy atom. The van der Waals surface area contributed by atoms with E-state index in [0.717, 1.165) is 27.8 Å². The molecule has 0 saturated carbocycles. The summed E-state index contributed by atoms with van der Waals surface area (Å²) >= 11 is 0. The number of fused-ring (bicyclic) bond motifs is 2. The van der Waals surface area contributed by atoms with Crippen LogP contribution >= 0.6 is 0 Å². The van der Waals surface area contributed by atoms with Crippen molar-refractivity contribution in [2.75, 3.05) is 6.61 Å². The first-order valence-corrected chi connectivity index (χ1v) is 6.38. The van der Waals surface area contributed by atoms with Gasteiger partial charge in [-0.1, -0.05) is 0 Å². The van der Waals surface area contributed by atoms with E-state index in [-0.39, 0.29) is 24.3 Å². The van der Waals surface area contributed by atoms with Crippen LogP contribution in [0.15, 0.2) is 21.3 Å². The molecule has 4 heteroatoms. The van der Waals surface area contributed by atoms with E-state index in [1.807, 2.05) is 26.8 Å². The van der Waals surface area contributed by atoms with Crippen LogP contribution in [0.5, 0.6) is 5.75 Å². The maximum absolute atomic E-state index is 11.5. The predicted octanol–water partition coefficient (Wildman–Crippen LogP) is 2.27. The molecule has 4 nitrogen and oxygen atoms in total. The second-order valence-electron chi connectivity index (χ2n) is 5.16. The van der Waals surface area contributed by atoms with Crippen LogP contribution in [0.2, 0.25) is 0 Å². The number of ether oxygens (including phenoxy) is 1. The molecule has 2 aromatic rings. The second kappa shape index (κ2) is 4.10. The van der Waals surface area contributed by atoms with Gasteiger partial charge in [0.1, 0.15) is 17.4 Å². The van der Waals surface area contributed by atoms with Crippen molar-refractivity contribution in [2.24, 2.45) is 0 Å². The van der Waals surface area contributed by atoms with Gasteiger partial charge in [-0.15, -0.1) is 0 Å². The minimum Gasteiger partial charge on any atom is -0.489 e. The zero-order valence-corrected chi connectivity index (χ0v) is 11.2. The van der Waals surface area contributed by atoms with E-state index in [1.54, 1.807) is 0 Å². The van der Waals surface area contributed by atoms with Crippen LogP contribution in [0.3, 0.4) is 0 Å². The van der Waals surface area contributed by atoms with Gasteiger partial charge in [-0.25, -0.2) is 4.79 Å². The van der Waals surface area contributed by atoms with Crippen molar-refractivity contribution >= 4 is 11.0 Å². The molecule has 19 heavy (non-hydrogen) atoms. The van der Waals surface area contributed by atoms with Crippen LogP contribution in [0, 0.1) is 13.8 Å². The highest BCUT2D eigenvalue weighted by Crippen LogP contribution is 2.43. The summed E-state index contributed by atoms with van der Waals surface area (Å²) in [5.41, 5.74) is 2.94. The van der Waals surface area contributed by atoms with Gasteiger partial charge in [0.05, 0.1) is 6.61 Å². The SMILES string of the molecule is Cc1cc(=O)oc2c(C)c3c(cc12)[C@H](CO)[C@H](C)O3. The minimum atomic E-state index is -0.349. The Balaban J connectivity index is 2.39. The molecule has 0 spiro atoms. The van der Waals surface area contributed by atoms with Crippen molar-refractivity contribution in [2.45, 2.75) is 32.8 Å². The fourth-order valence-electron chi connectivity index (χ4n) is 2.82. The van der Waals surface area contributed by atoms with Crippen LogP contribution in [0.25, 0.3) is 11.0 Å². The Morgan fingerprint density at radius 3 is 2.74 bits per heavy atom. The lowest BCUT2D eigenvalue weighted by molar-refractivity contribution is 0.172. The topological polar surface area (TPSA) is 59.7 Å². The largest absolute Gasteiger partial charge is 0.489 e. The molecule has 1 N–H and O–H groups in total. The Hall–Kier alpha value is -1.81. The van der Waals surface area contributed by atoms with E-state index >= 15 is 0 Å². The Kier molecular flexibility index (Phi) is 2.64. The predicted molar refractivity (Wildman–Crippen MR) is 71.9 cm³/mol. The highest BCUT2D eigenvalue weighted by Gasteiger charge is 2.33. The number of aliphatic hydroxyl groups is 1. The molecule has 1 aliphatic rings. The fraction of sp³-hybridized carbons (Fsp3) is 0.400. The van der Waals surface area contributed by atoms with Gasteiger partial charge in [-0.2, -0.15) is 0 Å². The van der Waals surface area contributed by atoms with E-state index < -0.39 is 0 Å². The van der Waals surface area contributed by atoms with E-state index in [2.05, 4.69) is 0 Å². The molecule has 2 atom stereocenters. The summed E-state index contributed by atoms with van der Waals surface area (Å²) in [5.74, 6) is 0.720. The molecule has 0 saturated heterocycles. The van der Waals surface area contributed by atoms with Gasteiger partial charge in [-0.3, -0.25) is 0 Å². The van der Waals surface area contributed by atoms with Crippen LogP contribution in [0.1, 0.15) is 29.5 Å². The third kappa shape index (κ3) is 1.67. The van der Waals surface area contributed by atoms with Gasteiger partial charge in [0.25, 0.3) is 0 Å². The maximum atomic E-state index is 11.5. The number of hydrogen-bond donors (Lipinski definition) is 1. The molecule has 1 aliphatic heterocycles. The molecule has 0 unspecified atom stereocenters. The smallest absolute Gasteiger partial charge is 0.336 e. The molecule has 0 radical (unpaired) electrons. The Morgan fingerprint density at radius 1 is 1.32 bits per heavy atom. The number of benzene rings is 1. The van der Waals surface area contributed by atoms with Crippen LogP contribution in [-0.4, -0.2) is 17.8 Å². The Bertz CT molecular complexity index is 714. The molecule has 0 aliphatic carbocycles. The maximum Gasteiger partial charge on any atom is 0.336 e. The highest BCUT2D eigenvalue weighted by molar-refractivity contribution is 5.86. The second-order valence-corrected chi connectivity index (χ2v) is 5.16. The van der Waals surface area contributed by atoms with Gasteiger partial charge >= 0.3 is 5.63 Å². The summed E-state index contributed by atoms with van der Waals surface area (Å²) in [6.45, 7) is 5.76. The lowest BCUT2D eigenvalue weighted by Crippen LogP contribution is -2.16. The normalized spacial score (nSPS) is 21.5. The first kappa shape index (κ1) is 12.2. The van der Waals surface area contributed by atoms with Gasteiger partial charge in [0.2, 0.25) is 0 Å². The molecule has 3 rings (SSSR count). The van der Waals surface area contributed by atoms with Crippen LogP contribution in [0.4, 0.5) is 0 Å². The zero-order valence-electron chi connectivity index (χ0n) is 11.2. The zero-order chi connectivity index (χ0) is 13.7. The van der Waals surface area contributed by atoms with Crippen molar-refractivity contribution in [3.63, 3.8) is 0 Å². The number of aliphatic hydroxyl groups excluding tert-OH is 1. The highest BCUT2D eigenvalue weighted by atomic mass is 16.5. The summed E-state index contributed by atoms with van der Waals surface area (Å²) in [7, 11) is 0. The van der Waals surface area contributed by atoms with Gasteiger partial charge in [-0.05, 0) is 32.4 Å². The van der Waals surface area contributed by atoms with Gasteiger partial charge < -0.3 is 14.3 Å². The average molecular weight is 260 g/mol. The third-order valence-corrected chi connectivity index (χ3v) is 3.92. The van der Waals surface area contributed by atoms with Crippen molar-refractivity contribution in [1.82, 2.24) is 0 Å². The standard InChI is InChI=1S/C15H16O4/c1-7-4-13(17)19-14-8(2)15-11(5-10(7)14)12(6-16)9(3)18-15/h4-5,9,12,16H,6H2,1-3H3/t9-,12+/m0/s1. The molecule has 1 aromatic heterocycles. The van der Waals surface area contributed by atoms with Crippen molar-refractivity contribution in [3.8, 4) is 5.75 Å². The van der Waals surface area contributed by atoms with Crippen molar-refractivity contribution in [1.29, 1.82) is 0 Å². The van der Waals surface area contributed by atoms with Crippen molar-refractivity contribution < 1.29 is 14.3 Å². The number of aryl methyl sites for hydroxylation is 2. The van der Waals surface area contributed by atoms with Crippen LogP contribution in [-0.2, 0) is 0 Å². The monoisotopic (exact) mass is 260 g/mol. The third-order valence-electron chi connectivity index (χ3n) is 3.92. The van der Waals surface area contributed by atoms with Crippen molar-refractivity contribution in [3.05, 3.63) is 39.2 Å². The quantitative estimate of drug-likeness (QED) is 0.799. The summed E-state index contributed by atoms with van der Waals surface area (Å²) in [6.07, 6.45) is -0.0671. The van der Waals surface area contributed by atoms with Crippen LogP contribution < -0.4 is 10.4 Å². The van der Waals surface area contributed by atoms with E-state index in [1.165, 1.54) is 6.07 Å². The van der Waals surface area contributed by atoms with Gasteiger partial charge in [0.15, 0.2) is 0 Å². The molecule has 2 heterocycles. The molecule has 1 aromatic carbocycles. The number of hydrogen-bond acceptors (Lipinski definition) is 4. The lowest BCUT2D eigenvalue weighted by Gasteiger charge is -2.10. The summed E-state index contributed by atoms with van der Waals surface area (Å²) in [6, 6.07) is 3.46. The van der Waals surface area contributed by atoms with E-state index in [0.29, 0.717) is 5.58 Å². The summed E-state index contributed by atoms with van der Waals surface area (Å²) in [4.78, 5) is 11.5. The summed E-state index contributed by atoms with van der Waals surface area (Å²) < 4.78 is 11.1. The van der Waals surface area contributed by atoms with E-state index in [4.69, 9.17) is 9.15 Å². The molecule has 0 amide bonds. The average Bonchev–Trinajstić information content (AvgIpc) is 2.67. The van der Waals surface area contributed by atoms with E-state index in [9.17, 15) is 9.90 Å². The molecule has 0 fully saturated rings. The number of rotatable bonds is 1. The first-order valence-electron chi connectivity index (χ1n) is 6.38. The van der Waals surface area contributed by atoms with Gasteiger partial charge in [0, 0.05) is 28.5 Å². The lowest BCUT2D eigenvalue weighted by atomic mass is 9.93. The molecular weight excluding hydrogens is 244 g/mol. The molecular formula is C15H16O4. The molecule has 0 bridgehead atoms. The minimum absolute atomic E-state index is 0.0237. The first-order chi connectivity index (χ1) is 9.02. The summed E-state index contributed by atoms with van der Waals surface area (Å²) in [5, 5.41) is 10.4. The Labute approximate surface area is 110 Å².